The van der Waals surface area contributed by atoms with E-state index in [1.54, 1.807) is 6.07 Å². The van der Waals surface area contributed by atoms with Gasteiger partial charge in [-0.25, -0.2) is 4.79 Å². The molecule has 1 aromatic carbocycles. The van der Waals surface area contributed by atoms with Crippen LogP contribution in [0.15, 0.2) is 30.3 Å². The summed E-state index contributed by atoms with van der Waals surface area (Å²) >= 11 is 0. The zero-order valence-corrected chi connectivity index (χ0v) is 11.7. The van der Waals surface area contributed by atoms with Gasteiger partial charge < -0.3 is 4.74 Å². The number of carbonyl (C=O) groups excluding carboxylic acids is 1. The lowest BCUT2D eigenvalue weighted by molar-refractivity contribution is 0.00628. The van der Waals surface area contributed by atoms with Crippen molar-refractivity contribution in [3.63, 3.8) is 0 Å². The summed E-state index contributed by atoms with van der Waals surface area (Å²) in [5.41, 5.74) is 2.75. The molecule has 19 heavy (non-hydrogen) atoms. The largest absolute Gasteiger partial charge is 0.455 e. The minimum Gasteiger partial charge on any atom is -0.455 e. The summed E-state index contributed by atoms with van der Waals surface area (Å²) < 4.78 is 5.28. The molecule has 0 radical (unpaired) electrons. The number of hydrogen-bond donors (Lipinski definition) is 1. The second kappa shape index (κ2) is 4.88. The SMILES string of the molecule is Cc1ccc(-c2cc(C(=O)OC(C)(C)C)[nH]n2)cc1. The van der Waals surface area contributed by atoms with Gasteiger partial charge in [0.25, 0.3) is 0 Å². The van der Waals surface area contributed by atoms with Gasteiger partial charge in [-0.2, -0.15) is 5.10 Å². The number of hydrogen-bond acceptors (Lipinski definition) is 3. The average Bonchev–Trinajstić information content (AvgIpc) is 2.77. The standard InChI is InChI=1S/C15H18N2O2/c1-10-5-7-11(8-6-10)12-9-13(17-16-12)14(18)19-15(2,3)4/h5-9H,1-4H3,(H,16,17). The minimum atomic E-state index is -0.508. The van der Waals surface area contributed by atoms with Crippen LogP contribution in [-0.4, -0.2) is 21.8 Å². The molecule has 0 atom stereocenters. The van der Waals surface area contributed by atoms with Crippen LogP contribution in [0.3, 0.4) is 0 Å². The molecule has 0 saturated carbocycles. The highest BCUT2D eigenvalue weighted by atomic mass is 16.6. The van der Waals surface area contributed by atoms with Crippen LogP contribution in [0.1, 0.15) is 36.8 Å². The number of aromatic amines is 1. The molecule has 2 aromatic rings. The monoisotopic (exact) mass is 258 g/mol. The van der Waals surface area contributed by atoms with Gasteiger partial charge in [-0.3, -0.25) is 5.10 Å². The van der Waals surface area contributed by atoms with E-state index >= 15 is 0 Å². The number of aromatic nitrogens is 2. The third kappa shape index (κ3) is 3.44. The van der Waals surface area contributed by atoms with Gasteiger partial charge in [-0.1, -0.05) is 29.8 Å². The lowest BCUT2D eigenvalue weighted by Crippen LogP contribution is -2.24. The Morgan fingerprint density at radius 3 is 2.42 bits per heavy atom. The molecule has 0 fully saturated rings. The number of esters is 1. The number of H-pyrrole nitrogens is 1. The van der Waals surface area contributed by atoms with E-state index in [9.17, 15) is 4.79 Å². The number of benzene rings is 1. The van der Waals surface area contributed by atoms with Gasteiger partial charge in [0.15, 0.2) is 0 Å². The van der Waals surface area contributed by atoms with E-state index in [2.05, 4.69) is 10.2 Å². The van der Waals surface area contributed by atoms with Crippen LogP contribution in [0.4, 0.5) is 0 Å². The third-order valence-electron chi connectivity index (χ3n) is 2.54. The first-order valence-electron chi connectivity index (χ1n) is 6.21. The molecular weight excluding hydrogens is 240 g/mol. The van der Waals surface area contributed by atoms with Crippen LogP contribution in [0, 0.1) is 6.92 Å². The minimum absolute atomic E-state index is 0.366. The summed E-state index contributed by atoms with van der Waals surface area (Å²) in [6.07, 6.45) is 0. The van der Waals surface area contributed by atoms with Crippen molar-refractivity contribution in [3.8, 4) is 11.3 Å². The number of ether oxygens (including phenoxy) is 1. The van der Waals surface area contributed by atoms with Crippen LogP contribution in [0.25, 0.3) is 11.3 Å². The second-order valence-corrected chi connectivity index (χ2v) is 5.53. The van der Waals surface area contributed by atoms with E-state index in [0.717, 1.165) is 11.3 Å². The maximum Gasteiger partial charge on any atom is 0.356 e. The highest BCUT2D eigenvalue weighted by Crippen LogP contribution is 2.19. The summed E-state index contributed by atoms with van der Waals surface area (Å²) in [5.74, 6) is -0.390. The fourth-order valence-corrected chi connectivity index (χ4v) is 1.63. The van der Waals surface area contributed by atoms with E-state index in [1.807, 2.05) is 52.0 Å². The van der Waals surface area contributed by atoms with Crippen LogP contribution < -0.4 is 0 Å². The van der Waals surface area contributed by atoms with Crippen molar-refractivity contribution in [3.05, 3.63) is 41.6 Å². The smallest absolute Gasteiger partial charge is 0.356 e. The summed E-state index contributed by atoms with van der Waals surface area (Å²) in [5, 5.41) is 6.86. The maximum atomic E-state index is 11.9. The van der Waals surface area contributed by atoms with Crippen molar-refractivity contribution in [2.45, 2.75) is 33.3 Å². The highest BCUT2D eigenvalue weighted by Gasteiger charge is 2.19. The van der Waals surface area contributed by atoms with Crippen molar-refractivity contribution in [2.24, 2.45) is 0 Å². The third-order valence-corrected chi connectivity index (χ3v) is 2.54. The molecule has 1 aromatic heterocycles. The van der Waals surface area contributed by atoms with Gasteiger partial charge in [0.1, 0.15) is 11.3 Å². The Morgan fingerprint density at radius 1 is 1.21 bits per heavy atom. The van der Waals surface area contributed by atoms with E-state index in [4.69, 9.17) is 4.74 Å². The Labute approximate surface area is 112 Å². The molecule has 0 aliphatic rings. The number of aryl methyl sites for hydroxylation is 1. The van der Waals surface area contributed by atoms with E-state index < -0.39 is 11.6 Å². The van der Waals surface area contributed by atoms with Gasteiger partial charge in [0.2, 0.25) is 0 Å². The topological polar surface area (TPSA) is 55.0 Å². The number of nitrogens with one attached hydrogen (secondary N) is 1. The molecule has 0 aliphatic carbocycles. The van der Waals surface area contributed by atoms with Crippen molar-refractivity contribution in [1.29, 1.82) is 0 Å². The Bertz CT molecular complexity index is 577. The van der Waals surface area contributed by atoms with Gasteiger partial charge in [-0.05, 0) is 33.8 Å². The summed E-state index contributed by atoms with van der Waals surface area (Å²) in [4.78, 5) is 11.9. The lowest BCUT2D eigenvalue weighted by Gasteiger charge is -2.18. The number of rotatable bonds is 2. The maximum absolute atomic E-state index is 11.9. The van der Waals surface area contributed by atoms with Gasteiger partial charge in [0.05, 0.1) is 5.69 Å². The normalized spacial score (nSPS) is 11.4. The van der Waals surface area contributed by atoms with E-state index in [0.29, 0.717) is 5.69 Å². The quantitative estimate of drug-likeness (QED) is 0.840. The molecule has 0 spiro atoms. The van der Waals surface area contributed by atoms with Crippen LogP contribution in [0.5, 0.6) is 0 Å². The van der Waals surface area contributed by atoms with Crippen molar-refractivity contribution < 1.29 is 9.53 Å². The van der Waals surface area contributed by atoms with Crippen LogP contribution in [0.2, 0.25) is 0 Å². The molecule has 0 aliphatic heterocycles. The molecule has 0 amide bonds. The summed E-state index contributed by atoms with van der Waals surface area (Å²) in [6, 6.07) is 9.68. The summed E-state index contributed by atoms with van der Waals surface area (Å²) in [6.45, 7) is 7.53. The molecule has 100 valence electrons. The Kier molecular flexibility index (Phi) is 3.42. The van der Waals surface area contributed by atoms with E-state index in [1.165, 1.54) is 5.56 Å². The molecule has 4 nitrogen and oxygen atoms in total. The molecular formula is C15H18N2O2. The number of nitrogens with zero attached hydrogens (tertiary/aromatic N) is 1. The first kappa shape index (κ1) is 13.3. The molecule has 1 N–H and O–H groups in total. The highest BCUT2D eigenvalue weighted by molar-refractivity contribution is 5.88. The predicted octanol–water partition coefficient (Wildman–Crippen LogP) is 3.34. The van der Waals surface area contributed by atoms with Gasteiger partial charge in [0, 0.05) is 5.56 Å². The molecule has 0 bridgehead atoms. The average molecular weight is 258 g/mol. The van der Waals surface area contributed by atoms with Crippen molar-refractivity contribution in [1.82, 2.24) is 10.2 Å². The number of carbonyl (C=O) groups is 1. The molecule has 0 unspecified atom stereocenters. The van der Waals surface area contributed by atoms with Gasteiger partial charge in [-0.15, -0.1) is 0 Å². The predicted molar refractivity (Wildman–Crippen MR) is 73.9 cm³/mol. The van der Waals surface area contributed by atoms with Crippen molar-refractivity contribution >= 4 is 5.97 Å². The second-order valence-electron chi connectivity index (χ2n) is 5.53. The van der Waals surface area contributed by atoms with Crippen molar-refractivity contribution in [2.75, 3.05) is 0 Å². The Morgan fingerprint density at radius 2 is 1.84 bits per heavy atom. The summed E-state index contributed by atoms with van der Waals surface area (Å²) in [7, 11) is 0. The zero-order chi connectivity index (χ0) is 14.0. The molecule has 2 rings (SSSR count). The zero-order valence-electron chi connectivity index (χ0n) is 11.7. The Hall–Kier alpha value is -2.10. The first-order chi connectivity index (χ1) is 8.85. The fourth-order valence-electron chi connectivity index (χ4n) is 1.63. The molecule has 0 saturated heterocycles. The van der Waals surface area contributed by atoms with Crippen LogP contribution >= 0.6 is 0 Å². The first-order valence-corrected chi connectivity index (χ1v) is 6.21. The van der Waals surface area contributed by atoms with Crippen LogP contribution in [-0.2, 0) is 4.74 Å². The molecule has 4 heteroatoms. The molecule has 1 heterocycles. The lowest BCUT2D eigenvalue weighted by atomic mass is 10.1. The Balaban J connectivity index is 2.19. The fraction of sp³-hybridized carbons (Fsp3) is 0.333. The van der Waals surface area contributed by atoms with E-state index in [-0.39, 0.29) is 0 Å². The van der Waals surface area contributed by atoms with Gasteiger partial charge >= 0.3 is 5.97 Å².